The van der Waals surface area contributed by atoms with E-state index in [0.29, 0.717) is 23.2 Å². The Hall–Kier alpha value is -2.18. The van der Waals surface area contributed by atoms with Gasteiger partial charge in [-0.2, -0.15) is 13.2 Å². The molecule has 0 saturated carbocycles. The van der Waals surface area contributed by atoms with Crippen LogP contribution >= 0.6 is 0 Å². The minimum atomic E-state index is -4.47. The first-order valence-corrected chi connectivity index (χ1v) is 7.23. The third-order valence-corrected chi connectivity index (χ3v) is 3.31. The second-order valence-electron chi connectivity index (χ2n) is 4.93. The van der Waals surface area contributed by atoms with Crippen LogP contribution in [-0.4, -0.2) is 24.9 Å². The van der Waals surface area contributed by atoms with Gasteiger partial charge in [0.25, 0.3) is 0 Å². The first kappa shape index (κ1) is 17.2. The van der Waals surface area contributed by atoms with E-state index in [-0.39, 0.29) is 17.9 Å². The molecule has 0 N–H and O–H groups in total. The van der Waals surface area contributed by atoms with Crippen LogP contribution in [0.1, 0.15) is 36.9 Å². The Balaban J connectivity index is 2.45. The Labute approximate surface area is 131 Å². The molecule has 23 heavy (non-hydrogen) atoms. The molecule has 1 aromatic carbocycles. The van der Waals surface area contributed by atoms with Gasteiger partial charge < -0.3 is 13.9 Å². The SMILES string of the molecule is CCOC(=O)c1c(CC)oc2ccc(OC(C)C(F)(F)F)cc12. The molecule has 0 aliphatic rings. The van der Waals surface area contributed by atoms with E-state index in [0.717, 1.165) is 6.92 Å². The van der Waals surface area contributed by atoms with Gasteiger partial charge in [0.05, 0.1) is 6.61 Å². The zero-order chi connectivity index (χ0) is 17.2. The van der Waals surface area contributed by atoms with Gasteiger partial charge in [-0.15, -0.1) is 0 Å². The summed E-state index contributed by atoms with van der Waals surface area (Å²) in [5.41, 5.74) is 0.631. The number of alkyl halides is 3. The molecule has 2 rings (SSSR count). The molecule has 0 amide bonds. The zero-order valence-electron chi connectivity index (χ0n) is 13.0. The third-order valence-electron chi connectivity index (χ3n) is 3.31. The number of carbonyl (C=O) groups is 1. The number of furan rings is 1. The summed E-state index contributed by atoms with van der Waals surface area (Å²) in [6.07, 6.45) is -5.97. The third kappa shape index (κ3) is 3.60. The molecule has 0 saturated heterocycles. The quantitative estimate of drug-likeness (QED) is 0.757. The highest BCUT2D eigenvalue weighted by Gasteiger charge is 2.38. The van der Waals surface area contributed by atoms with E-state index in [4.69, 9.17) is 13.9 Å². The van der Waals surface area contributed by atoms with Crippen LogP contribution in [0.3, 0.4) is 0 Å². The molecule has 1 aromatic heterocycles. The molecule has 0 fully saturated rings. The van der Waals surface area contributed by atoms with E-state index in [1.54, 1.807) is 6.92 Å². The average molecular weight is 330 g/mol. The van der Waals surface area contributed by atoms with Crippen molar-refractivity contribution in [2.75, 3.05) is 6.61 Å². The highest BCUT2D eigenvalue weighted by Crippen LogP contribution is 2.32. The normalized spacial score (nSPS) is 13.1. The van der Waals surface area contributed by atoms with Gasteiger partial charge in [-0.05, 0) is 32.0 Å². The van der Waals surface area contributed by atoms with Crippen molar-refractivity contribution in [2.24, 2.45) is 0 Å². The molecule has 0 spiro atoms. The van der Waals surface area contributed by atoms with Crippen molar-refractivity contribution in [3.63, 3.8) is 0 Å². The van der Waals surface area contributed by atoms with E-state index in [2.05, 4.69) is 0 Å². The van der Waals surface area contributed by atoms with E-state index in [1.807, 2.05) is 6.92 Å². The first-order chi connectivity index (χ1) is 10.8. The fourth-order valence-electron chi connectivity index (χ4n) is 2.15. The Morgan fingerprint density at radius 1 is 1.30 bits per heavy atom. The molecule has 1 heterocycles. The van der Waals surface area contributed by atoms with Crippen molar-refractivity contribution in [3.8, 4) is 5.75 Å². The van der Waals surface area contributed by atoms with Crippen LogP contribution in [0.4, 0.5) is 13.2 Å². The predicted molar refractivity (Wildman–Crippen MR) is 77.7 cm³/mol. The summed E-state index contributed by atoms with van der Waals surface area (Å²) in [5, 5.41) is 0.382. The molecule has 2 aromatic rings. The second-order valence-corrected chi connectivity index (χ2v) is 4.93. The van der Waals surface area contributed by atoms with Gasteiger partial charge >= 0.3 is 12.1 Å². The van der Waals surface area contributed by atoms with Gasteiger partial charge in [0, 0.05) is 11.8 Å². The molecule has 0 radical (unpaired) electrons. The Morgan fingerprint density at radius 2 is 2.00 bits per heavy atom. The Morgan fingerprint density at radius 3 is 2.57 bits per heavy atom. The molecular formula is C16H17F3O4. The largest absolute Gasteiger partial charge is 0.481 e. The van der Waals surface area contributed by atoms with Crippen molar-refractivity contribution in [2.45, 2.75) is 39.5 Å². The summed E-state index contributed by atoms with van der Waals surface area (Å²) in [6, 6.07) is 4.23. The highest BCUT2D eigenvalue weighted by atomic mass is 19.4. The Kier molecular flexibility index (Phi) is 4.87. The second kappa shape index (κ2) is 6.52. The van der Waals surface area contributed by atoms with Gasteiger partial charge in [0.1, 0.15) is 22.7 Å². The number of esters is 1. The number of rotatable bonds is 5. The molecule has 126 valence electrons. The summed E-state index contributed by atoms with van der Waals surface area (Å²) in [4.78, 5) is 12.1. The van der Waals surface area contributed by atoms with E-state index >= 15 is 0 Å². The summed E-state index contributed by atoms with van der Waals surface area (Å²) < 4.78 is 53.3. The zero-order valence-corrected chi connectivity index (χ0v) is 13.0. The predicted octanol–water partition coefficient (Wildman–Crippen LogP) is 4.50. The molecule has 0 bridgehead atoms. The number of fused-ring (bicyclic) bond motifs is 1. The maximum Gasteiger partial charge on any atom is 0.425 e. The smallest absolute Gasteiger partial charge is 0.425 e. The minimum absolute atomic E-state index is 0.0105. The van der Waals surface area contributed by atoms with E-state index in [1.165, 1.54) is 18.2 Å². The molecule has 0 aliphatic heterocycles. The molecule has 0 aliphatic carbocycles. The molecule has 1 unspecified atom stereocenters. The summed E-state index contributed by atoms with van der Waals surface area (Å²) in [7, 11) is 0. The summed E-state index contributed by atoms with van der Waals surface area (Å²) >= 11 is 0. The van der Waals surface area contributed by atoms with E-state index < -0.39 is 18.2 Å². The topological polar surface area (TPSA) is 48.7 Å². The molecular weight excluding hydrogens is 313 g/mol. The number of hydrogen-bond acceptors (Lipinski definition) is 4. The van der Waals surface area contributed by atoms with E-state index in [9.17, 15) is 18.0 Å². The van der Waals surface area contributed by atoms with Gasteiger partial charge in [0.15, 0.2) is 6.10 Å². The first-order valence-electron chi connectivity index (χ1n) is 7.23. The van der Waals surface area contributed by atoms with Crippen LogP contribution < -0.4 is 4.74 Å². The monoisotopic (exact) mass is 330 g/mol. The van der Waals surface area contributed by atoms with Gasteiger partial charge in [0.2, 0.25) is 0 Å². The number of carbonyl (C=O) groups excluding carboxylic acids is 1. The summed E-state index contributed by atoms with van der Waals surface area (Å²) in [6.45, 7) is 4.59. The molecule has 4 nitrogen and oxygen atoms in total. The van der Waals surface area contributed by atoms with Gasteiger partial charge in [-0.3, -0.25) is 0 Å². The lowest BCUT2D eigenvalue weighted by molar-refractivity contribution is -0.189. The van der Waals surface area contributed by atoms with Gasteiger partial charge in [-0.1, -0.05) is 6.92 Å². The standard InChI is InChI=1S/C16H17F3O4/c1-4-12-14(15(20)21-5-2)11-8-10(6-7-13(11)23-12)22-9(3)16(17,18)19/h6-9H,4-5H2,1-3H3. The van der Waals surface area contributed by atoms with Crippen LogP contribution in [0.5, 0.6) is 5.75 Å². The molecule has 7 heteroatoms. The Bertz CT molecular complexity index is 703. The molecule has 1 atom stereocenters. The van der Waals surface area contributed by atoms with Crippen molar-refractivity contribution < 1.29 is 31.9 Å². The van der Waals surface area contributed by atoms with Crippen molar-refractivity contribution in [1.29, 1.82) is 0 Å². The fourth-order valence-corrected chi connectivity index (χ4v) is 2.15. The van der Waals surface area contributed by atoms with Crippen molar-refractivity contribution in [1.82, 2.24) is 0 Å². The van der Waals surface area contributed by atoms with Crippen molar-refractivity contribution in [3.05, 3.63) is 29.5 Å². The average Bonchev–Trinajstić information content (AvgIpc) is 2.84. The maximum atomic E-state index is 12.6. The number of ether oxygens (including phenoxy) is 2. The lowest BCUT2D eigenvalue weighted by Crippen LogP contribution is -2.31. The number of hydrogen-bond donors (Lipinski definition) is 0. The number of aryl methyl sites for hydroxylation is 1. The maximum absolute atomic E-state index is 12.6. The summed E-state index contributed by atoms with van der Waals surface area (Å²) in [5.74, 6) is -0.125. The lowest BCUT2D eigenvalue weighted by atomic mass is 10.1. The minimum Gasteiger partial charge on any atom is -0.481 e. The highest BCUT2D eigenvalue weighted by molar-refractivity contribution is 6.05. The van der Waals surface area contributed by atoms with Crippen LogP contribution in [-0.2, 0) is 11.2 Å². The van der Waals surface area contributed by atoms with Crippen LogP contribution in [0.15, 0.2) is 22.6 Å². The van der Waals surface area contributed by atoms with Gasteiger partial charge in [-0.25, -0.2) is 4.79 Å². The van der Waals surface area contributed by atoms with Crippen LogP contribution in [0.25, 0.3) is 11.0 Å². The fraction of sp³-hybridized carbons (Fsp3) is 0.438. The number of benzene rings is 1. The van der Waals surface area contributed by atoms with Crippen LogP contribution in [0, 0.1) is 0 Å². The lowest BCUT2D eigenvalue weighted by Gasteiger charge is -2.17. The van der Waals surface area contributed by atoms with Crippen LogP contribution in [0.2, 0.25) is 0 Å². The van der Waals surface area contributed by atoms with Crippen molar-refractivity contribution >= 4 is 16.9 Å². The number of halogens is 3.